The number of aromatic amines is 1. The Bertz CT molecular complexity index is 750. The van der Waals surface area contributed by atoms with E-state index in [1.54, 1.807) is 45.0 Å². The van der Waals surface area contributed by atoms with Gasteiger partial charge in [-0.3, -0.25) is 9.59 Å². The lowest BCUT2D eigenvalue weighted by Crippen LogP contribution is -2.41. The number of ether oxygens (including phenoxy) is 1. The molecular formula is C13H14N2O4. The average Bonchev–Trinajstić information content (AvgIpc) is 2.28. The van der Waals surface area contributed by atoms with E-state index in [0.29, 0.717) is 11.0 Å². The van der Waals surface area contributed by atoms with E-state index in [9.17, 15) is 14.4 Å². The molecule has 0 unspecified atom stereocenters. The number of benzene rings is 1. The molecule has 0 spiro atoms. The number of hydrogen-bond acceptors (Lipinski definition) is 4. The molecule has 100 valence electrons. The Hall–Kier alpha value is -2.37. The van der Waals surface area contributed by atoms with Gasteiger partial charge in [-0.05, 0) is 32.9 Å². The van der Waals surface area contributed by atoms with Crippen molar-refractivity contribution in [2.75, 3.05) is 0 Å². The van der Waals surface area contributed by atoms with E-state index in [2.05, 4.69) is 4.98 Å². The second-order valence-corrected chi connectivity index (χ2v) is 5.09. The lowest BCUT2D eigenvalue weighted by atomic mass is 10.2. The first-order valence-corrected chi connectivity index (χ1v) is 5.77. The molecule has 1 aromatic heterocycles. The molecule has 6 heteroatoms. The number of carbonyl (C=O) groups excluding carboxylic acids is 1. The molecule has 0 amide bonds. The predicted molar refractivity (Wildman–Crippen MR) is 70.5 cm³/mol. The highest BCUT2D eigenvalue weighted by Crippen LogP contribution is 2.11. The van der Waals surface area contributed by atoms with Crippen molar-refractivity contribution in [3.63, 3.8) is 0 Å². The van der Waals surface area contributed by atoms with Crippen LogP contribution in [0.15, 0.2) is 33.9 Å². The number of H-pyrrole nitrogens is 1. The van der Waals surface area contributed by atoms with Crippen LogP contribution in [0.2, 0.25) is 0 Å². The summed E-state index contributed by atoms with van der Waals surface area (Å²) in [6.45, 7) is 5.06. The van der Waals surface area contributed by atoms with Crippen LogP contribution in [0.3, 0.4) is 0 Å². The Kier molecular flexibility index (Phi) is 3.01. The van der Waals surface area contributed by atoms with E-state index in [4.69, 9.17) is 4.74 Å². The van der Waals surface area contributed by atoms with Gasteiger partial charge in [-0.2, -0.15) is 0 Å². The Morgan fingerprint density at radius 1 is 1.21 bits per heavy atom. The maximum atomic E-state index is 12.0. The normalized spacial score (nSPS) is 11.5. The minimum absolute atomic E-state index is 0.307. The SMILES string of the molecule is CC(C)(C)OC(=O)n1c(=O)c(=O)[nH]c2ccccc21. The van der Waals surface area contributed by atoms with E-state index in [1.807, 2.05) is 0 Å². The van der Waals surface area contributed by atoms with Gasteiger partial charge in [0.2, 0.25) is 0 Å². The minimum Gasteiger partial charge on any atom is -0.443 e. The molecule has 0 saturated heterocycles. The third-order valence-corrected chi connectivity index (χ3v) is 2.37. The van der Waals surface area contributed by atoms with E-state index in [0.717, 1.165) is 4.57 Å². The summed E-state index contributed by atoms with van der Waals surface area (Å²) in [7, 11) is 0. The van der Waals surface area contributed by atoms with E-state index in [-0.39, 0.29) is 0 Å². The summed E-state index contributed by atoms with van der Waals surface area (Å²) in [6, 6.07) is 6.54. The van der Waals surface area contributed by atoms with Gasteiger partial charge in [-0.25, -0.2) is 9.36 Å². The van der Waals surface area contributed by atoms with Crippen molar-refractivity contribution in [1.29, 1.82) is 0 Å². The van der Waals surface area contributed by atoms with Gasteiger partial charge >= 0.3 is 17.2 Å². The molecule has 1 heterocycles. The zero-order valence-electron chi connectivity index (χ0n) is 10.9. The molecule has 0 atom stereocenters. The second kappa shape index (κ2) is 4.38. The van der Waals surface area contributed by atoms with Gasteiger partial charge in [0, 0.05) is 0 Å². The molecule has 0 bridgehead atoms. The molecule has 0 fully saturated rings. The van der Waals surface area contributed by atoms with Gasteiger partial charge in [0.1, 0.15) is 5.60 Å². The first kappa shape index (κ1) is 13.1. The standard InChI is InChI=1S/C13H14N2O4/c1-13(2,3)19-12(18)15-9-7-5-4-6-8(9)14-10(16)11(15)17/h4-7H,1-3H3,(H,14,16). The van der Waals surface area contributed by atoms with Crippen molar-refractivity contribution in [2.24, 2.45) is 0 Å². The average molecular weight is 262 g/mol. The summed E-state index contributed by atoms with van der Waals surface area (Å²) in [5.74, 6) is 0. The van der Waals surface area contributed by atoms with Gasteiger partial charge in [0.15, 0.2) is 0 Å². The van der Waals surface area contributed by atoms with E-state index >= 15 is 0 Å². The summed E-state index contributed by atoms with van der Waals surface area (Å²) in [5.41, 5.74) is -1.85. The topological polar surface area (TPSA) is 81.2 Å². The third-order valence-electron chi connectivity index (χ3n) is 2.37. The lowest BCUT2D eigenvalue weighted by molar-refractivity contribution is 0.0537. The zero-order valence-corrected chi connectivity index (χ0v) is 10.9. The molecule has 1 aromatic carbocycles. The summed E-state index contributed by atoms with van der Waals surface area (Å²) >= 11 is 0. The molecule has 19 heavy (non-hydrogen) atoms. The molecule has 1 N–H and O–H groups in total. The Labute approximate surface area is 108 Å². The third kappa shape index (κ3) is 2.57. The maximum Gasteiger partial charge on any atom is 0.422 e. The van der Waals surface area contributed by atoms with Crippen LogP contribution in [-0.4, -0.2) is 21.2 Å². The Morgan fingerprint density at radius 2 is 1.84 bits per heavy atom. The highest BCUT2D eigenvalue weighted by molar-refractivity contribution is 5.85. The lowest BCUT2D eigenvalue weighted by Gasteiger charge is -2.20. The van der Waals surface area contributed by atoms with Gasteiger partial charge in [-0.15, -0.1) is 0 Å². The number of nitrogens with one attached hydrogen (secondary N) is 1. The van der Waals surface area contributed by atoms with Crippen molar-refractivity contribution in [3.8, 4) is 0 Å². The summed E-state index contributed by atoms with van der Waals surface area (Å²) in [5, 5.41) is 0. The fourth-order valence-electron chi connectivity index (χ4n) is 1.65. The van der Waals surface area contributed by atoms with Crippen LogP contribution in [0.4, 0.5) is 4.79 Å². The number of fused-ring (bicyclic) bond motifs is 1. The number of carbonyl (C=O) groups is 1. The Balaban J connectivity index is 2.72. The molecule has 2 aromatic rings. The van der Waals surface area contributed by atoms with Crippen molar-refractivity contribution in [2.45, 2.75) is 26.4 Å². The fraction of sp³-hybridized carbons (Fsp3) is 0.308. The number of rotatable bonds is 0. The van der Waals surface area contributed by atoms with Crippen molar-refractivity contribution >= 4 is 17.1 Å². The summed E-state index contributed by atoms with van der Waals surface area (Å²) in [4.78, 5) is 37.8. The van der Waals surface area contributed by atoms with Gasteiger partial charge in [0.05, 0.1) is 11.0 Å². The zero-order chi connectivity index (χ0) is 14.2. The van der Waals surface area contributed by atoms with Crippen LogP contribution in [0.1, 0.15) is 20.8 Å². The highest BCUT2D eigenvalue weighted by atomic mass is 16.6. The van der Waals surface area contributed by atoms with Crippen LogP contribution in [0.5, 0.6) is 0 Å². The Morgan fingerprint density at radius 3 is 2.47 bits per heavy atom. The van der Waals surface area contributed by atoms with Crippen LogP contribution in [0, 0.1) is 0 Å². The fourth-order valence-corrected chi connectivity index (χ4v) is 1.65. The summed E-state index contributed by atoms with van der Waals surface area (Å²) in [6.07, 6.45) is -0.861. The molecule has 0 aliphatic rings. The number of hydrogen-bond donors (Lipinski definition) is 1. The first-order valence-electron chi connectivity index (χ1n) is 5.77. The molecule has 6 nitrogen and oxygen atoms in total. The van der Waals surface area contributed by atoms with Crippen LogP contribution < -0.4 is 11.1 Å². The predicted octanol–water partition coefficient (Wildman–Crippen LogP) is 1.47. The van der Waals surface area contributed by atoms with E-state index in [1.165, 1.54) is 0 Å². The smallest absolute Gasteiger partial charge is 0.422 e. The maximum absolute atomic E-state index is 12.0. The highest BCUT2D eigenvalue weighted by Gasteiger charge is 2.21. The van der Waals surface area contributed by atoms with Crippen LogP contribution in [0.25, 0.3) is 11.0 Å². The van der Waals surface area contributed by atoms with Crippen LogP contribution >= 0.6 is 0 Å². The van der Waals surface area contributed by atoms with Gasteiger partial charge in [0.25, 0.3) is 0 Å². The largest absolute Gasteiger partial charge is 0.443 e. The van der Waals surface area contributed by atoms with E-state index < -0.39 is 22.8 Å². The van der Waals surface area contributed by atoms with Crippen molar-refractivity contribution < 1.29 is 9.53 Å². The first-order chi connectivity index (χ1) is 8.79. The molecular weight excluding hydrogens is 248 g/mol. The number of para-hydroxylation sites is 2. The summed E-state index contributed by atoms with van der Waals surface area (Å²) < 4.78 is 5.89. The van der Waals surface area contributed by atoms with Crippen molar-refractivity contribution in [1.82, 2.24) is 9.55 Å². The van der Waals surface area contributed by atoms with Gasteiger partial charge in [-0.1, -0.05) is 12.1 Å². The monoisotopic (exact) mass is 262 g/mol. The minimum atomic E-state index is -0.951. The molecule has 0 aliphatic carbocycles. The van der Waals surface area contributed by atoms with Gasteiger partial charge < -0.3 is 9.72 Å². The number of aromatic nitrogens is 2. The van der Waals surface area contributed by atoms with Crippen molar-refractivity contribution in [3.05, 3.63) is 45.0 Å². The second-order valence-electron chi connectivity index (χ2n) is 5.09. The quantitative estimate of drug-likeness (QED) is 0.729. The van der Waals surface area contributed by atoms with Crippen LogP contribution in [-0.2, 0) is 4.74 Å². The molecule has 0 saturated carbocycles. The molecule has 0 radical (unpaired) electrons. The molecule has 0 aliphatic heterocycles. The molecule has 2 rings (SSSR count). The number of nitrogens with zero attached hydrogens (tertiary/aromatic N) is 1.